The normalized spacial score (nSPS) is 11.3. The monoisotopic (exact) mass is 258 g/mol. The molecule has 2 rings (SSSR count). The molecule has 0 bridgehead atoms. The number of anilines is 1. The van der Waals surface area contributed by atoms with Gasteiger partial charge in [0, 0.05) is 12.4 Å². The van der Waals surface area contributed by atoms with Gasteiger partial charge in [-0.15, -0.1) is 0 Å². The fourth-order valence-electron chi connectivity index (χ4n) is 1.04. The molecule has 0 aromatic carbocycles. The highest BCUT2D eigenvalue weighted by Gasteiger charge is 2.14. The van der Waals surface area contributed by atoms with Crippen molar-refractivity contribution in [1.82, 2.24) is 15.0 Å². The average Bonchev–Trinajstić information content (AvgIpc) is 2.75. The van der Waals surface area contributed by atoms with E-state index in [1.165, 1.54) is 30.9 Å². The number of nitrogens with zero attached hydrogens (tertiary/aromatic N) is 2. The number of hydrogen-bond acceptors (Lipinski definition) is 4. The molecule has 2 heterocycles. The Kier molecular flexibility index (Phi) is 2.80. The minimum Gasteiger partial charge on any atom is -0.366 e. The Morgan fingerprint density at radius 2 is 2.12 bits per heavy atom. The molecule has 2 N–H and O–H groups in total. The Bertz CT molecular complexity index is 565. The molecular formula is C8H7ClN4O2S. The third-order valence-electron chi connectivity index (χ3n) is 1.74. The first-order valence-corrected chi connectivity index (χ1v) is 6.07. The van der Waals surface area contributed by atoms with E-state index in [0.29, 0.717) is 0 Å². The summed E-state index contributed by atoms with van der Waals surface area (Å²) >= 11 is 5.53. The van der Waals surface area contributed by atoms with E-state index in [1.54, 1.807) is 0 Å². The first-order valence-electron chi connectivity index (χ1n) is 4.21. The molecule has 0 atom stereocenters. The fraction of sp³-hybridized carbons (Fsp3) is 0. The molecule has 0 saturated carbocycles. The summed E-state index contributed by atoms with van der Waals surface area (Å²) in [6, 6.07) is 1.44. The van der Waals surface area contributed by atoms with Crippen molar-refractivity contribution < 1.29 is 8.42 Å². The number of aromatic nitrogens is 3. The summed E-state index contributed by atoms with van der Waals surface area (Å²) in [7, 11) is -3.61. The van der Waals surface area contributed by atoms with E-state index in [2.05, 4.69) is 19.7 Å². The lowest BCUT2D eigenvalue weighted by Gasteiger charge is -2.04. The Morgan fingerprint density at radius 3 is 2.69 bits per heavy atom. The smallest absolute Gasteiger partial charge is 0.264 e. The molecule has 0 aliphatic rings. The maximum absolute atomic E-state index is 11.7. The van der Waals surface area contributed by atoms with Crippen LogP contribution in [0.25, 0.3) is 0 Å². The van der Waals surface area contributed by atoms with Gasteiger partial charge < -0.3 is 4.98 Å². The largest absolute Gasteiger partial charge is 0.366 e. The molecule has 0 spiro atoms. The number of nitrogens with one attached hydrogen (secondary N) is 2. The van der Waals surface area contributed by atoms with Gasteiger partial charge in [-0.3, -0.25) is 4.72 Å². The van der Waals surface area contributed by atoms with Crippen molar-refractivity contribution in [1.29, 1.82) is 0 Å². The minimum absolute atomic E-state index is 0.116. The second-order valence-corrected chi connectivity index (χ2v) is 4.95. The summed E-state index contributed by atoms with van der Waals surface area (Å²) in [5, 5.41) is 0.199. The predicted octanol–water partition coefficient (Wildman–Crippen LogP) is 1.26. The van der Waals surface area contributed by atoms with Crippen molar-refractivity contribution in [3.63, 3.8) is 0 Å². The van der Waals surface area contributed by atoms with E-state index in [1.807, 2.05) is 0 Å². The van der Waals surface area contributed by atoms with Gasteiger partial charge in [-0.25, -0.2) is 18.4 Å². The van der Waals surface area contributed by atoms with Crippen LogP contribution in [0.2, 0.25) is 5.15 Å². The van der Waals surface area contributed by atoms with Crippen LogP contribution in [0, 0.1) is 0 Å². The molecule has 84 valence electrons. The maximum Gasteiger partial charge on any atom is 0.264 e. The molecule has 0 unspecified atom stereocenters. The Hall–Kier alpha value is -1.60. The van der Waals surface area contributed by atoms with Gasteiger partial charge >= 0.3 is 0 Å². The zero-order valence-electron chi connectivity index (χ0n) is 7.88. The van der Waals surface area contributed by atoms with Crippen LogP contribution in [0.15, 0.2) is 35.7 Å². The first-order chi connectivity index (χ1) is 7.58. The molecule has 6 nitrogen and oxygen atoms in total. The number of H-pyrrole nitrogens is 1. The van der Waals surface area contributed by atoms with Crippen molar-refractivity contribution in [3.05, 3.63) is 36.0 Å². The van der Waals surface area contributed by atoms with E-state index in [0.717, 1.165) is 0 Å². The molecule has 2 aromatic heterocycles. The molecule has 0 amide bonds. The van der Waals surface area contributed by atoms with Crippen molar-refractivity contribution in [2.24, 2.45) is 0 Å². The quantitative estimate of drug-likeness (QED) is 0.868. The SMILES string of the molecule is O=S(=O)(Nc1cnc(Cl)cn1)c1cc[nH]c1. The van der Waals surface area contributed by atoms with Crippen LogP contribution in [-0.4, -0.2) is 23.4 Å². The molecular weight excluding hydrogens is 252 g/mol. The van der Waals surface area contributed by atoms with Gasteiger partial charge in [0.15, 0.2) is 5.82 Å². The van der Waals surface area contributed by atoms with Crippen LogP contribution < -0.4 is 4.72 Å². The van der Waals surface area contributed by atoms with Crippen molar-refractivity contribution in [3.8, 4) is 0 Å². The van der Waals surface area contributed by atoms with Crippen LogP contribution in [0.3, 0.4) is 0 Å². The molecule has 0 aliphatic carbocycles. The van der Waals surface area contributed by atoms with Crippen molar-refractivity contribution >= 4 is 27.4 Å². The van der Waals surface area contributed by atoms with Crippen LogP contribution in [0.4, 0.5) is 5.82 Å². The minimum atomic E-state index is -3.61. The maximum atomic E-state index is 11.7. The molecule has 0 radical (unpaired) electrons. The van der Waals surface area contributed by atoms with Crippen LogP contribution in [0.5, 0.6) is 0 Å². The van der Waals surface area contributed by atoms with Gasteiger partial charge in [-0.05, 0) is 6.07 Å². The Balaban J connectivity index is 2.25. The Morgan fingerprint density at radius 1 is 1.31 bits per heavy atom. The number of aromatic amines is 1. The van der Waals surface area contributed by atoms with Gasteiger partial charge in [-0.2, -0.15) is 0 Å². The van der Waals surface area contributed by atoms with Crippen molar-refractivity contribution in [2.45, 2.75) is 4.90 Å². The van der Waals surface area contributed by atoms with Crippen LogP contribution >= 0.6 is 11.6 Å². The second-order valence-electron chi connectivity index (χ2n) is 2.88. The molecule has 0 aliphatic heterocycles. The van der Waals surface area contributed by atoms with E-state index in [9.17, 15) is 8.42 Å². The molecule has 2 aromatic rings. The number of halogens is 1. The first kappa shape index (κ1) is 10.9. The lowest BCUT2D eigenvalue weighted by Crippen LogP contribution is -2.13. The number of rotatable bonds is 3. The molecule has 0 fully saturated rings. The van der Waals surface area contributed by atoms with Crippen LogP contribution in [0.1, 0.15) is 0 Å². The van der Waals surface area contributed by atoms with Crippen LogP contribution in [-0.2, 0) is 10.0 Å². The summed E-state index contributed by atoms with van der Waals surface area (Å²) in [6.45, 7) is 0. The third-order valence-corrected chi connectivity index (χ3v) is 3.29. The molecule has 8 heteroatoms. The van der Waals surface area contributed by atoms with Crippen molar-refractivity contribution in [2.75, 3.05) is 4.72 Å². The zero-order chi connectivity index (χ0) is 11.6. The summed E-state index contributed by atoms with van der Waals surface area (Å²) in [6.07, 6.45) is 5.39. The second kappa shape index (κ2) is 4.11. The average molecular weight is 259 g/mol. The highest BCUT2D eigenvalue weighted by Crippen LogP contribution is 2.13. The highest BCUT2D eigenvalue weighted by atomic mass is 35.5. The lowest BCUT2D eigenvalue weighted by atomic mass is 10.7. The third kappa shape index (κ3) is 2.31. The van der Waals surface area contributed by atoms with E-state index < -0.39 is 10.0 Å². The number of sulfonamides is 1. The number of hydrogen-bond donors (Lipinski definition) is 2. The van der Waals surface area contributed by atoms with Gasteiger partial charge in [0.2, 0.25) is 0 Å². The van der Waals surface area contributed by atoms with Gasteiger partial charge in [-0.1, -0.05) is 11.6 Å². The molecule has 0 saturated heterocycles. The Labute approximate surface area is 96.8 Å². The summed E-state index contributed by atoms with van der Waals surface area (Å²) in [4.78, 5) is 10.3. The summed E-state index contributed by atoms with van der Waals surface area (Å²) in [5.74, 6) is 0.116. The fourth-order valence-corrected chi connectivity index (χ4v) is 2.10. The zero-order valence-corrected chi connectivity index (χ0v) is 9.46. The van der Waals surface area contributed by atoms with E-state index >= 15 is 0 Å². The lowest BCUT2D eigenvalue weighted by molar-refractivity contribution is 0.601. The standard InChI is InChI=1S/C8H7ClN4O2S/c9-7-4-12-8(5-11-7)13-16(14,15)6-1-2-10-3-6/h1-5,10H,(H,12,13). The predicted molar refractivity (Wildman–Crippen MR) is 58.6 cm³/mol. The van der Waals surface area contributed by atoms with E-state index in [-0.39, 0.29) is 15.9 Å². The summed E-state index contributed by atoms with van der Waals surface area (Å²) in [5.41, 5.74) is 0. The highest BCUT2D eigenvalue weighted by molar-refractivity contribution is 7.92. The molecule has 16 heavy (non-hydrogen) atoms. The van der Waals surface area contributed by atoms with E-state index in [4.69, 9.17) is 11.6 Å². The van der Waals surface area contributed by atoms with Gasteiger partial charge in [0.25, 0.3) is 10.0 Å². The van der Waals surface area contributed by atoms with Gasteiger partial charge in [0.05, 0.1) is 12.4 Å². The summed E-state index contributed by atoms with van der Waals surface area (Å²) < 4.78 is 25.7. The topological polar surface area (TPSA) is 87.7 Å². The van der Waals surface area contributed by atoms with Gasteiger partial charge in [0.1, 0.15) is 10.0 Å².